The van der Waals surface area contributed by atoms with Gasteiger partial charge in [-0.25, -0.2) is 4.98 Å². The first-order valence-electron chi connectivity index (χ1n) is 6.97. The molecule has 2 nitrogen and oxygen atoms in total. The van der Waals surface area contributed by atoms with Crippen molar-refractivity contribution in [3.8, 4) is 0 Å². The average molecular weight is 309 g/mol. The molecule has 1 unspecified atom stereocenters. The van der Waals surface area contributed by atoms with Crippen LogP contribution < -0.4 is 5.32 Å². The second-order valence-electron chi connectivity index (χ2n) is 5.12. The normalized spacial score (nSPS) is 12.6. The van der Waals surface area contributed by atoms with Crippen LogP contribution in [0.2, 0.25) is 5.02 Å². The van der Waals surface area contributed by atoms with Gasteiger partial charge in [0.05, 0.1) is 11.2 Å². The van der Waals surface area contributed by atoms with Crippen molar-refractivity contribution in [2.24, 2.45) is 5.92 Å². The lowest BCUT2D eigenvalue weighted by Crippen LogP contribution is -2.21. The monoisotopic (exact) mass is 308 g/mol. The molecular formula is C16H21ClN2S. The highest BCUT2D eigenvalue weighted by molar-refractivity contribution is 7.09. The standard InChI is InChI=1S/C16H21ClN2S/c1-12-16(20-11-19-12)8-7-13(10-18-2)9-14-5-3-4-6-15(14)17/h3-6,11,13,18H,7-10H2,1-2H3. The largest absolute Gasteiger partial charge is 0.319 e. The first kappa shape index (κ1) is 15.5. The third kappa shape index (κ3) is 4.30. The van der Waals surface area contributed by atoms with E-state index in [0.717, 1.165) is 30.8 Å². The molecule has 1 aromatic heterocycles. The van der Waals surface area contributed by atoms with E-state index >= 15 is 0 Å². The molecule has 0 aliphatic rings. The molecule has 0 spiro atoms. The van der Waals surface area contributed by atoms with E-state index in [0.29, 0.717) is 5.92 Å². The Labute approximate surface area is 130 Å². The molecule has 108 valence electrons. The van der Waals surface area contributed by atoms with Gasteiger partial charge in [-0.15, -0.1) is 11.3 Å². The highest BCUT2D eigenvalue weighted by atomic mass is 35.5. The molecule has 2 aromatic rings. The molecule has 0 saturated carbocycles. The van der Waals surface area contributed by atoms with Gasteiger partial charge in [-0.2, -0.15) is 0 Å². The molecule has 0 aliphatic heterocycles. The van der Waals surface area contributed by atoms with Gasteiger partial charge in [0.15, 0.2) is 0 Å². The van der Waals surface area contributed by atoms with Gasteiger partial charge in [0, 0.05) is 9.90 Å². The van der Waals surface area contributed by atoms with Crippen LogP contribution in [0.15, 0.2) is 29.8 Å². The molecule has 1 N–H and O–H groups in total. The molecule has 1 aromatic carbocycles. The van der Waals surface area contributed by atoms with Crippen LogP contribution in [0, 0.1) is 12.8 Å². The smallest absolute Gasteiger partial charge is 0.0797 e. The van der Waals surface area contributed by atoms with Crippen molar-refractivity contribution in [1.82, 2.24) is 10.3 Å². The summed E-state index contributed by atoms with van der Waals surface area (Å²) in [5.41, 5.74) is 4.36. The van der Waals surface area contributed by atoms with Crippen LogP contribution in [-0.2, 0) is 12.8 Å². The Morgan fingerprint density at radius 2 is 2.15 bits per heavy atom. The number of nitrogens with one attached hydrogen (secondary N) is 1. The van der Waals surface area contributed by atoms with Crippen LogP contribution in [0.4, 0.5) is 0 Å². The minimum Gasteiger partial charge on any atom is -0.319 e. The molecule has 0 saturated heterocycles. The highest BCUT2D eigenvalue weighted by Crippen LogP contribution is 2.23. The second kappa shape index (κ2) is 7.77. The van der Waals surface area contributed by atoms with Gasteiger partial charge in [-0.05, 0) is 57.3 Å². The number of hydrogen-bond acceptors (Lipinski definition) is 3. The van der Waals surface area contributed by atoms with E-state index in [2.05, 4.69) is 29.4 Å². The predicted octanol–water partition coefficient (Wildman–Crippen LogP) is 4.12. The van der Waals surface area contributed by atoms with Gasteiger partial charge < -0.3 is 5.32 Å². The zero-order chi connectivity index (χ0) is 14.4. The van der Waals surface area contributed by atoms with Crippen molar-refractivity contribution >= 4 is 22.9 Å². The minimum atomic E-state index is 0.599. The number of halogens is 1. The third-order valence-corrected chi connectivity index (χ3v) is 4.95. The van der Waals surface area contributed by atoms with Gasteiger partial charge in [0.1, 0.15) is 0 Å². The highest BCUT2D eigenvalue weighted by Gasteiger charge is 2.12. The average Bonchev–Trinajstić information content (AvgIpc) is 2.84. The number of aryl methyl sites for hydroxylation is 2. The summed E-state index contributed by atoms with van der Waals surface area (Å²) < 4.78 is 0. The van der Waals surface area contributed by atoms with Crippen molar-refractivity contribution in [1.29, 1.82) is 0 Å². The molecule has 4 heteroatoms. The Bertz CT molecular complexity index is 539. The topological polar surface area (TPSA) is 24.9 Å². The Morgan fingerprint density at radius 1 is 1.35 bits per heavy atom. The molecule has 2 rings (SSSR count). The van der Waals surface area contributed by atoms with E-state index < -0.39 is 0 Å². The lowest BCUT2D eigenvalue weighted by atomic mass is 9.94. The van der Waals surface area contributed by atoms with E-state index in [-0.39, 0.29) is 0 Å². The zero-order valence-corrected chi connectivity index (χ0v) is 13.6. The lowest BCUT2D eigenvalue weighted by Gasteiger charge is -2.17. The van der Waals surface area contributed by atoms with Crippen molar-refractivity contribution in [3.63, 3.8) is 0 Å². The minimum absolute atomic E-state index is 0.599. The van der Waals surface area contributed by atoms with Crippen molar-refractivity contribution in [3.05, 3.63) is 50.9 Å². The van der Waals surface area contributed by atoms with Gasteiger partial charge in [0.2, 0.25) is 0 Å². The molecule has 0 fully saturated rings. The summed E-state index contributed by atoms with van der Waals surface area (Å²) in [6.45, 7) is 3.11. The van der Waals surface area contributed by atoms with E-state index in [1.807, 2.05) is 24.7 Å². The van der Waals surface area contributed by atoms with Gasteiger partial charge >= 0.3 is 0 Å². The summed E-state index contributed by atoms with van der Waals surface area (Å²) in [5.74, 6) is 0.599. The first-order chi connectivity index (χ1) is 9.70. The van der Waals surface area contributed by atoms with E-state index in [1.54, 1.807) is 11.3 Å². The number of hydrogen-bond donors (Lipinski definition) is 1. The summed E-state index contributed by atoms with van der Waals surface area (Å²) in [6.07, 6.45) is 3.29. The Kier molecular flexibility index (Phi) is 6.02. The predicted molar refractivity (Wildman–Crippen MR) is 87.7 cm³/mol. The summed E-state index contributed by atoms with van der Waals surface area (Å²) in [7, 11) is 2.01. The number of benzene rings is 1. The second-order valence-corrected chi connectivity index (χ2v) is 6.47. The van der Waals surface area contributed by atoms with E-state index in [1.165, 1.54) is 16.1 Å². The number of aromatic nitrogens is 1. The summed E-state index contributed by atoms with van der Waals surface area (Å²) in [4.78, 5) is 5.73. The van der Waals surface area contributed by atoms with Gasteiger partial charge in [-0.3, -0.25) is 0 Å². The van der Waals surface area contributed by atoms with Crippen LogP contribution in [0.1, 0.15) is 22.6 Å². The maximum atomic E-state index is 6.27. The Balaban J connectivity index is 1.97. The lowest BCUT2D eigenvalue weighted by molar-refractivity contribution is 0.462. The molecular weight excluding hydrogens is 288 g/mol. The fourth-order valence-corrected chi connectivity index (χ4v) is 3.45. The van der Waals surface area contributed by atoms with E-state index in [9.17, 15) is 0 Å². The fourth-order valence-electron chi connectivity index (χ4n) is 2.44. The molecule has 0 bridgehead atoms. The van der Waals surface area contributed by atoms with Crippen LogP contribution in [0.5, 0.6) is 0 Å². The van der Waals surface area contributed by atoms with Gasteiger partial charge in [-0.1, -0.05) is 29.8 Å². The molecule has 0 aliphatic carbocycles. The number of nitrogens with zero attached hydrogens (tertiary/aromatic N) is 1. The molecule has 20 heavy (non-hydrogen) atoms. The fraction of sp³-hybridized carbons (Fsp3) is 0.438. The maximum Gasteiger partial charge on any atom is 0.0797 e. The van der Waals surface area contributed by atoms with Crippen LogP contribution in [0.25, 0.3) is 0 Å². The Hall–Kier alpha value is -0.900. The summed E-state index contributed by atoms with van der Waals surface area (Å²) >= 11 is 8.03. The van der Waals surface area contributed by atoms with Crippen molar-refractivity contribution in [2.75, 3.05) is 13.6 Å². The first-order valence-corrected chi connectivity index (χ1v) is 8.23. The van der Waals surface area contributed by atoms with Crippen molar-refractivity contribution in [2.45, 2.75) is 26.2 Å². The quantitative estimate of drug-likeness (QED) is 0.832. The van der Waals surface area contributed by atoms with Gasteiger partial charge in [0.25, 0.3) is 0 Å². The number of rotatable bonds is 7. The summed E-state index contributed by atoms with van der Waals surface area (Å²) in [6, 6.07) is 8.15. The molecule has 0 amide bonds. The number of thiazole rings is 1. The van der Waals surface area contributed by atoms with Crippen LogP contribution >= 0.6 is 22.9 Å². The maximum absolute atomic E-state index is 6.27. The van der Waals surface area contributed by atoms with Crippen LogP contribution in [0.3, 0.4) is 0 Å². The SMILES string of the molecule is CNCC(CCc1scnc1C)Cc1ccccc1Cl. The van der Waals surface area contributed by atoms with Crippen LogP contribution in [-0.4, -0.2) is 18.6 Å². The zero-order valence-electron chi connectivity index (χ0n) is 12.0. The third-order valence-electron chi connectivity index (χ3n) is 3.58. The van der Waals surface area contributed by atoms with Crippen molar-refractivity contribution < 1.29 is 0 Å². The molecule has 1 heterocycles. The molecule has 0 radical (unpaired) electrons. The van der Waals surface area contributed by atoms with E-state index in [4.69, 9.17) is 11.6 Å². The Morgan fingerprint density at radius 3 is 2.80 bits per heavy atom. The molecule has 1 atom stereocenters. The summed E-state index contributed by atoms with van der Waals surface area (Å²) in [5, 5.41) is 4.17.